The number of fused-ring (bicyclic) bond motifs is 2. The van der Waals surface area contributed by atoms with E-state index in [9.17, 15) is 9.59 Å². The van der Waals surface area contributed by atoms with Crippen LogP contribution in [0.5, 0.6) is 0 Å². The molecule has 5 rings (SSSR count). The van der Waals surface area contributed by atoms with Crippen molar-refractivity contribution in [1.82, 2.24) is 0 Å². The number of rotatable bonds is 4. The minimum absolute atomic E-state index is 0.0902. The Hall–Kier alpha value is -3.52. The molecule has 0 atom stereocenters. The maximum Gasteiger partial charge on any atom is 0.194 e. The summed E-state index contributed by atoms with van der Waals surface area (Å²) >= 11 is 0. The second-order valence-electron chi connectivity index (χ2n) is 7.92. The summed E-state index contributed by atoms with van der Waals surface area (Å²) in [4.78, 5) is 26.9. The van der Waals surface area contributed by atoms with Gasteiger partial charge in [-0.25, -0.2) is 0 Å². The summed E-state index contributed by atoms with van der Waals surface area (Å²) in [5, 5.41) is 1.92. The number of carbonyl (C=O) groups is 2. The molecule has 2 nitrogen and oxygen atoms in total. The van der Waals surface area contributed by atoms with Crippen LogP contribution in [0.15, 0.2) is 84.9 Å². The molecule has 0 saturated heterocycles. The summed E-state index contributed by atoms with van der Waals surface area (Å²) in [5.74, 6) is -0.207. The van der Waals surface area contributed by atoms with Crippen LogP contribution in [0.3, 0.4) is 0 Å². The number of carbonyl (C=O) groups excluding carboxylic acids is 2. The number of hydrogen-bond donors (Lipinski definition) is 0. The zero-order valence-electron chi connectivity index (χ0n) is 16.7. The molecule has 0 unspecified atom stereocenters. The maximum absolute atomic E-state index is 13.5. The summed E-state index contributed by atoms with van der Waals surface area (Å²) in [6, 6.07) is 26.8. The zero-order chi connectivity index (χ0) is 20.5. The molecule has 0 fully saturated rings. The summed E-state index contributed by atoms with van der Waals surface area (Å²) in [5.41, 5.74) is 4.82. The Bertz CT molecular complexity index is 1280. The van der Waals surface area contributed by atoms with E-state index in [1.165, 1.54) is 24.0 Å². The second kappa shape index (κ2) is 7.72. The fourth-order valence-corrected chi connectivity index (χ4v) is 4.48. The van der Waals surface area contributed by atoms with Crippen LogP contribution in [0.4, 0.5) is 0 Å². The number of aryl methyl sites for hydroxylation is 2. The Kier molecular flexibility index (Phi) is 4.76. The van der Waals surface area contributed by atoms with E-state index in [0.717, 1.165) is 23.6 Å². The lowest BCUT2D eigenvalue weighted by molar-refractivity contribution is 0.100. The summed E-state index contributed by atoms with van der Waals surface area (Å²) in [6.07, 6.45) is 4.48. The number of hydrogen-bond acceptors (Lipinski definition) is 2. The topological polar surface area (TPSA) is 34.1 Å². The molecule has 0 heterocycles. The van der Waals surface area contributed by atoms with E-state index in [4.69, 9.17) is 0 Å². The second-order valence-corrected chi connectivity index (χ2v) is 7.92. The van der Waals surface area contributed by atoms with Crippen LogP contribution in [0.25, 0.3) is 10.8 Å². The van der Waals surface area contributed by atoms with Crippen LogP contribution in [-0.4, -0.2) is 11.6 Å². The first kappa shape index (κ1) is 18.5. The average molecular weight is 390 g/mol. The Morgan fingerprint density at radius 3 is 2.03 bits per heavy atom. The van der Waals surface area contributed by atoms with E-state index in [1.54, 1.807) is 12.1 Å². The average Bonchev–Trinajstić information content (AvgIpc) is 2.82. The van der Waals surface area contributed by atoms with Crippen molar-refractivity contribution in [3.63, 3.8) is 0 Å². The molecule has 0 saturated carbocycles. The van der Waals surface area contributed by atoms with Crippen molar-refractivity contribution in [3.8, 4) is 0 Å². The molecule has 0 bridgehead atoms. The minimum Gasteiger partial charge on any atom is -0.289 e. The first-order chi connectivity index (χ1) is 14.7. The standard InChI is InChI=1S/C28H22O2/c29-27(22-17-16-19-8-1-2-10-21(19)18-22)25-13-5-6-14-26(25)28(30)24-15-7-11-20-9-3-4-12-23(20)24/h3-7,9,11-18H,1-2,8,10H2. The van der Waals surface area contributed by atoms with Crippen LogP contribution in [0.2, 0.25) is 0 Å². The largest absolute Gasteiger partial charge is 0.289 e. The van der Waals surface area contributed by atoms with Gasteiger partial charge in [0, 0.05) is 22.3 Å². The van der Waals surface area contributed by atoms with Crippen molar-refractivity contribution in [2.75, 3.05) is 0 Å². The minimum atomic E-state index is -0.117. The van der Waals surface area contributed by atoms with Crippen molar-refractivity contribution >= 4 is 22.3 Å². The highest BCUT2D eigenvalue weighted by molar-refractivity contribution is 6.22. The molecule has 1 aliphatic carbocycles. The molecular weight excluding hydrogens is 368 g/mol. The highest BCUT2D eigenvalue weighted by atomic mass is 16.1. The maximum atomic E-state index is 13.5. The smallest absolute Gasteiger partial charge is 0.194 e. The molecule has 2 heteroatoms. The van der Waals surface area contributed by atoms with E-state index in [2.05, 4.69) is 6.07 Å². The van der Waals surface area contributed by atoms with Crippen molar-refractivity contribution in [2.45, 2.75) is 25.7 Å². The molecule has 30 heavy (non-hydrogen) atoms. The first-order valence-corrected chi connectivity index (χ1v) is 10.5. The molecule has 0 aromatic heterocycles. The molecule has 0 amide bonds. The van der Waals surface area contributed by atoms with E-state index in [-0.39, 0.29) is 11.6 Å². The molecular formula is C28H22O2. The molecule has 0 aliphatic heterocycles. The molecule has 1 aliphatic rings. The fourth-order valence-electron chi connectivity index (χ4n) is 4.48. The summed E-state index contributed by atoms with van der Waals surface area (Å²) in [7, 11) is 0. The molecule has 0 radical (unpaired) electrons. The first-order valence-electron chi connectivity index (χ1n) is 10.5. The Morgan fingerprint density at radius 2 is 1.20 bits per heavy atom. The Labute approximate surface area is 176 Å². The van der Waals surface area contributed by atoms with Gasteiger partial charge < -0.3 is 0 Å². The normalized spacial score (nSPS) is 13.1. The number of ketones is 2. The highest BCUT2D eigenvalue weighted by Crippen LogP contribution is 2.26. The van der Waals surface area contributed by atoms with Crippen molar-refractivity contribution in [3.05, 3.63) is 118 Å². The van der Waals surface area contributed by atoms with Gasteiger partial charge >= 0.3 is 0 Å². The van der Waals surface area contributed by atoms with Gasteiger partial charge in [-0.1, -0.05) is 78.9 Å². The Morgan fingerprint density at radius 1 is 0.567 bits per heavy atom. The van der Waals surface area contributed by atoms with Crippen molar-refractivity contribution in [1.29, 1.82) is 0 Å². The number of benzene rings is 4. The van der Waals surface area contributed by atoms with Gasteiger partial charge in [0.25, 0.3) is 0 Å². The van der Waals surface area contributed by atoms with Gasteiger partial charge in [-0.3, -0.25) is 9.59 Å². The monoisotopic (exact) mass is 390 g/mol. The van der Waals surface area contributed by atoms with Crippen LogP contribution in [-0.2, 0) is 12.8 Å². The van der Waals surface area contributed by atoms with E-state index >= 15 is 0 Å². The van der Waals surface area contributed by atoms with Crippen molar-refractivity contribution in [2.24, 2.45) is 0 Å². The molecule has 0 N–H and O–H groups in total. The van der Waals surface area contributed by atoms with Gasteiger partial charge in [0.15, 0.2) is 11.6 Å². The third-order valence-electron chi connectivity index (χ3n) is 6.06. The van der Waals surface area contributed by atoms with Crippen LogP contribution >= 0.6 is 0 Å². The van der Waals surface area contributed by atoms with Gasteiger partial charge in [-0.2, -0.15) is 0 Å². The molecule has 146 valence electrons. The third kappa shape index (κ3) is 3.25. The van der Waals surface area contributed by atoms with Gasteiger partial charge in [0.1, 0.15) is 0 Å². The van der Waals surface area contributed by atoms with Gasteiger partial charge in [0.2, 0.25) is 0 Å². The van der Waals surface area contributed by atoms with Gasteiger partial charge in [-0.05, 0) is 53.6 Å². The van der Waals surface area contributed by atoms with Crippen molar-refractivity contribution < 1.29 is 9.59 Å². The van der Waals surface area contributed by atoms with E-state index < -0.39 is 0 Å². The lowest BCUT2D eigenvalue weighted by Gasteiger charge is -2.16. The molecule has 4 aromatic carbocycles. The van der Waals surface area contributed by atoms with Gasteiger partial charge in [0.05, 0.1) is 0 Å². The van der Waals surface area contributed by atoms with Crippen LogP contribution in [0, 0.1) is 0 Å². The lowest BCUT2D eigenvalue weighted by atomic mass is 9.87. The van der Waals surface area contributed by atoms with Crippen LogP contribution in [0.1, 0.15) is 55.8 Å². The highest BCUT2D eigenvalue weighted by Gasteiger charge is 2.21. The zero-order valence-corrected chi connectivity index (χ0v) is 16.7. The lowest BCUT2D eigenvalue weighted by Crippen LogP contribution is -2.12. The fraction of sp³-hybridized carbons (Fsp3) is 0.143. The summed E-state index contributed by atoms with van der Waals surface area (Å²) in [6.45, 7) is 0. The predicted molar refractivity (Wildman–Crippen MR) is 120 cm³/mol. The summed E-state index contributed by atoms with van der Waals surface area (Å²) < 4.78 is 0. The van der Waals surface area contributed by atoms with E-state index in [0.29, 0.717) is 22.3 Å². The quantitative estimate of drug-likeness (QED) is 0.390. The van der Waals surface area contributed by atoms with Gasteiger partial charge in [-0.15, -0.1) is 0 Å². The van der Waals surface area contributed by atoms with E-state index in [1.807, 2.05) is 66.7 Å². The molecule has 0 spiro atoms. The SMILES string of the molecule is O=C(c1ccc2c(c1)CCCC2)c1ccccc1C(=O)c1cccc2ccccc12. The predicted octanol–water partition coefficient (Wildman–Crippen LogP) is 6.18. The third-order valence-corrected chi connectivity index (χ3v) is 6.06. The molecule has 4 aromatic rings. The Balaban J connectivity index is 1.57. The van der Waals surface area contributed by atoms with Crippen LogP contribution < -0.4 is 0 Å².